The summed E-state index contributed by atoms with van der Waals surface area (Å²) in [5.41, 5.74) is 8.04. The third-order valence-corrected chi connectivity index (χ3v) is 3.88. The standard InChI is InChI=1S/C13H16Br2N4/c1-8(2)19-4-3-10(18-19)6-12(16)13-11(15)5-9(14)7-17-13/h3-5,7-8,12H,6,16H2,1-2H3. The second-order valence-electron chi connectivity index (χ2n) is 4.71. The molecule has 0 bridgehead atoms. The maximum absolute atomic E-state index is 6.21. The zero-order valence-corrected chi connectivity index (χ0v) is 14.0. The summed E-state index contributed by atoms with van der Waals surface area (Å²) in [5.74, 6) is 0. The van der Waals surface area contributed by atoms with Crippen LogP contribution in [0.4, 0.5) is 0 Å². The highest BCUT2D eigenvalue weighted by molar-refractivity contribution is 9.11. The van der Waals surface area contributed by atoms with E-state index in [-0.39, 0.29) is 6.04 Å². The SMILES string of the molecule is CC(C)n1ccc(CC(N)c2ncc(Br)cc2Br)n1. The van der Waals surface area contributed by atoms with Gasteiger partial charge in [0.15, 0.2) is 0 Å². The third kappa shape index (κ3) is 3.64. The summed E-state index contributed by atoms with van der Waals surface area (Å²) >= 11 is 6.87. The number of pyridine rings is 1. The van der Waals surface area contributed by atoms with Gasteiger partial charge >= 0.3 is 0 Å². The zero-order valence-electron chi connectivity index (χ0n) is 10.8. The molecule has 0 spiro atoms. The van der Waals surface area contributed by atoms with Crippen molar-refractivity contribution in [1.29, 1.82) is 0 Å². The van der Waals surface area contributed by atoms with E-state index in [1.165, 1.54) is 0 Å². The van der Waals surface area contributed by atoms with Crippen LogP contribution in [0, 0.1) is 0 Å². The van der Waals surface area contributed by atoms with Crippen molar-refractivity contribution < 1.29 is 0 Å². The van der Waals surface area contributed by atoms with Gasteiger partial charge in [0.25, 0.3) is 0 Å². The summed E-state index contributed by atoms with van der Waals surface area (Å²) in [6, 6.07) is 4.15. The normalized spacial score (nSPS) is 12.9. The smallest absolute Gasteiger partial charge is 0.0717 e. The van der Waals surface area contributed by atoms with Gasteiger partial charge in [-0.1, -0.05) is 0 Å². The second kappa shape index (κ2) is 6.15. The first kappa shape index (κ1) is 14.7. The molecule has 4 nitrogen and oxygen atoms in total. The lowest BCUT2D eigenvalue weighted by Gasteiger charge is -2.12. The molecule has 0 amide bonds. The van der Waals surface area contributed by atoms with Gasteiger partial charge in [0.2, 0.25) is 0 Å². The van der Waals surface area contributed by atoms with E-state index in [1.54, 1.807) is 6.20 Å². The highest BCUT2D eigenvalue weighted by atomic mass is 79.9. The van der Waals surface area contributed by atoms with Crippen LogP contribution >= 0.6 is 31.9 Å². The summed E-state index contributed by atoms with van der Waals surface area (Å²) < 4.78 is 3.78. The molecule has 0 fully saturated rings. The molecule has 0 aliphatic carbocycles. The summed E-state index contributed by atoms with van der Waals surface area (Å²) in [5, 5.41) is 4.51. The lowest BCUT2D eigenvalue weighted by molar-refractivity contribution is 0.522. The molecule has 2 rings (SSSR count). The fourth-order valence-electron chi connectivity index (χ4n) is 1.79. The third-order valence-electron chi connectivity index (χ3n) is 2.81. The monoisotopic (exact) mass is 386 g/mol. The minimum atomic E-state index is -0.169. The van der Waals surface area contributed by atoms with E-state index in [0.29, 0.717) is 12.5 Å². The van der Waals surface area contributed by atoms with Crippen molar-refractivity contribution >= 4 is 31.9 Å². The van der Waals surface area contributed by atoms with E-state index >= 15 is 0 Å². The Bertz CT molecular complexity index is 566. The van der Waals surface area contributed by atoms with Crippen molar-refractivity contribution in [2.24, 2.45) is 5.73 Å². The van der Waals surface area contributed by atoms with Crippen molar-refractivity contribution in [3.63, 3.8) is 0 Å². The van der Waals surface area contributed by atoms with Gasteiger partial charge in [0, 0.05) is 33.8 Å². The molecular formula is C13H16Br2N4. The summed E-state index contributed by atoms with van der Waals surface area (Å²) in [4.78, 5) is 4.36. The van der Waals surface area contributed by atoms with E-state index in [9.17, 15) is 0 Å². The van der Waals surface area contributed by atoms with Crippen LogP contribution in [0.3, 0.4) is 0 Å². The molecule has 0 aliphatic rings. The molecule has 2 N–H and O–H groups in total. The highest BCUT2D eigenvalue weighted by Gasteiger charge is 2.14. The van der Waals surface area contributed by atoms with Crippen LogP contribution in [0.1, 0.15) is 37.3 Å². The molecule has 102 valence electrons. The van der Waals surface area contributed by atoms with Crippen molar-refractivity contribution in [2.45, 2.75) is 32.4 Å². The zero-order chi connectivity index (χ0) is 14.0. The number of rotatable bonds is 4. The number of hydrogen-bond donors (Lipinski definition) is 1. The van der Waals surface area contributed by atoms with Crippen molar-refractivity contribution in [3.05, 3.63) is 44.9 Å². The van der Waals surface area contributed by atoms with E-state index in [2.05, 4.69) is 55.8 Å². The highest BCUT2D eigenvalue weighted by Crippen LogP contribution is 2.25. The summed E-state index contributed by atoms with van der Waals surface area (Å²) in [6.07, 6.45) is 4.41. The van der Waals surface area contributed by atoms with Gasteiger partial charge in [0.05, 0.1) is 17.4 Å². The maximum Gasteiger partial charge on any atom is 0.0717 e. The van der Waals surface area contributed by atoms with Gasteiger partial charge in [0.1, 0.15) is 0 Å². The number of nitrogens with two attached hydrogens (primary N) is 1. The Labute approximate surface area is 129 Å². The number of nitrogens with zero attached hydrogens (tertiary/aromatic N) is 3. The van der Waals surface area contributed by atoms with Crippen LogP contribution < -0.4 is 5.73 Å². The minimum Gasteiger partial charge on any atom is -0.322 e. The molecular weight excluding hydrogens is 372 g/mol. The van der Waals surface area contributed by atoms with Crippen LogP contribution in [0.25, 0.3) is 0 Å². The van der Waals surface area contributed by atoms with Gasteiger partial charge in [-0.3, -0.25) is 9.67 Å². The fraction of sp³-hybridized carbons (Fsp3) is 0.385. The molecule has 2 aromatic heterocycles. The molecule has 2 aromatic rings. The Morgan fingerprint density at radius 1 is 1.37 bits per heavy atom. The number of hydrogen-bond acceptors (Lipinski definition) is 3. The average Bonchev–Trinajstić information content (AvgIpc) is 2.77. The molecule has 1 unspecified atom stereocenters. The molecule has 2 heterocycles. The van der Waals surface area contributed by atoms with Crippen LogP contribution in [-0.2, 0) is 6.42 Å². The molecule has 0 saturated carbocycles. The van der Waals surface area contributed by atoms with Gasteiger partial charge < -0.3 is 5.73 Å². The number of halogens is 2. The van der Waals surface area contributed by atoms with Gasteiger partial charge in [-0.15, -0.1) is 0 Å². The predicted octanol–water partition coefficient (Wildman–Crippen LogP) is 3.63. The lowest BCUT2D eigenvalue weighted by Crippen LogP contribution is -2.16. The Morgan fingerprint density at radius 3 is 2.68 bits per heavy atom. The Hall–Kier alpha value is -0.720. The fourth-order valence-corrected chi connectivity index (χ4v) is 3.08. The predicted molar refractivity (Wildman–Crippen MR) is 82.9 cm³/mol. The van der Waals surface area contributed by atoms with E-state index in [1.807, 2.05) is 23.0 Å². The van der Waals surface area contributed by atoms with Crippen molar-refractivity contribution in [3.8, 4) is 0 Å². The first-order chi connectivity index (χ1) is 8.97. The first-order valence-electron chi connectivity index (χ1n) is 6.08. The van der Waals surface area contributed by atoms with Crippen LogP contribution in [-0.4, -0.2) is 14.8 Å². The van der Waals surface area contributed by atoms with Crippen LogP contribution in [0.5, 0.6) is 0 Å². The molecule has 0 radical (unpaired) electrons. The molecule has 6 heteroatoms. The van der Waals surface area contributed by atoms with E-state index < -0.39 is 0 Å². The molecule has 1 atom stereocenters. The summed E-state index contributed by atoms with van der Waals surface area (Å²) in [7, 11) is 0. The Morgan fingerprint density at radius 2 is 2.11 bits per heavy atom. The molecule has 19 heavy (non-hydrogen) atoms. The van der Waals surface area contributed by atoms with E-state index in [0.717, 1.165) is 20.3 Å². The Kier molecular flexibility index (Phi) is 4.76. The first-order valence-corrected chi connectivity index (χ1v) is 7.66. The topological polar surface area (TPSA) is 56.7 Å². The van der Waals surface area contributed by atoms with Gasteiger partial charge in [-0.2, -0.15) is 5.10 Å². The quantitative estimate of drug-likeness (QED) is 0.871. The van der Waals surface area contributed by atoms with E-state index in [4.69, 9.17) is 5.73 Å². The molecule has 0 aromatic carbocycles. The lowest BCUT2D eigenvalue weighted by atomic mass is 10.1. The van der Waals surface area contributed by atoms with Crippen LogP contribution in [0.15, 0.2) is 33.5 Å². The summed E-state index contributed by atoms with van der Waals surface area (Å²) in [6.45, 7) is 4.20. The van der Waals surface area contributed by atoms with Crippen LogP contribution in [0.2, 0.25) is 0 Å². The van der Waals surface area contributed by atoms with Crippen molar-refractivity contribution in [1.82, 2.24) is 14.8 Å². The Balaban J connectivity index is 2.13. The van der Waals surface area contributed by atoms with Gasteiger partial charge in [-0.05, 0) is 57.8 Å². The second-order valence-corrected chi connectivity index (χ2v) is 6.48. The maximum atomic E-state index is 6.21. The average molecular weight is 388 g/mol. The van der Waals surface area contributed by atoms with Crippen molar-refractivity contribution in [2.75, 3.05) is 0 Å². The minimum absolute atomic E-state index is 0.169. The molecule has 0 saturated heterocycles. The largest absolute Gasteiger partial charge is 0.322 e. The number of aromatic nitrogens is 3. The molecule has 0 aliphatic heterocycles. The van der Waals surface area contributed by atoms with Gasteiger partial charge in [-0.25, -0.2) is 0 Å².